The lowest BCUT2D eigenvalue weighted by Gasteiger charge is -2.02. The first kappa shape index (κ1) is 9.90. The summed E-state index contributed by atoms with van der Waals surface area (Å²) in [5.74, 6) is 0. The van der Waals surface area contributed by atoms with Crippen molar-refractivity contribution < 1.29 is 0 Å². The van der Waals surface area contributed by atoms with Crippen LogP contribution in [-0.2, 0) is 0 Å². The van der Waals surface area contributed by atoms with Crippen LogP contribution in [-0.4, -0.2) is 15.0 Å². The monoisotopic (exact) mass is 247 g/mol. The molecule has 0 aliphatic carbocycles. The summed E-state index contributed by atoms with van der Waals surface area (Å²) in [6.45, 7) is 1.82. The first-order chi connectivity index (χ1) is 6.58. The normalized spacial score (nSPS) is 10.9. The Morgan fingerprint density at radius 2 is 1.71 bits per heavy atom. The van der Waals surface area contributed by atoms with Gasteiger partial charge < -0.3 is 0 Å². The zero-order valence-electron chi connectivity index (χ0n) is 7.05. The molecular formula is C8H4Cl3N3. The highest BCUT2D eigenvalue weighted by molar-refractivity contribution is 6.38. The lowest BCUT2D eigenvalue weighted by atomic mass is 10.3. The Morgan fingerprint density at radius 3 is 2.43 bits per heavy atom. The van der Waals surface area contributed by atoms with Gasteiger partial charge in [-0.15, -0.1) is 0 Å². The largest absolute Gasteiger partial charge is 0.239 e. The van der Waals surface area contributed by atoms with Gasteiger partial charge in [0.2, 0.25) is 5.28 Å². The molecule has 0 spiro atoms. The molecule has 0 saturated carbocycles. The Balaban J connectivity index is 2.94. The van der Waals surface area contributed by atoms with Crippen LogP contribution in [0.25, 0.3) is 10.9 Å². The van der Waals surface area contributed by atoms with E-state index in [9.17, 15) is 0 Å². The predicted octanol–water partition coefficient (Wildman–Crippen LogP) is 3.29. The van der Waals surface area contributed by atoms with Crippen LogP contribution in [0.4, 0.5) is 0 Å². The molecule has 0 amide bonds. The molecule has 0 unspecified atom stereocenters. The highest BCUT2D eigenvalue weighted by Gasteiger charge is 2.09. The van der Waals surface area contributed by atoms with Crippen molar-refractivity contribution in [2.24, 2.45) is 0 Å². The molecule has 0 atom stereocenters. The quantitative estimate of drug-likeness (QED) is 0.408. The Kier molecular flexibility index (Phi) is 2.47. The highest BCUT2D eigenvalue weighted by Crippen LogP contribution is 2.26. The fourth-order valence-corrected chi connectivity index (χ4v) is 1.86. The van der Waals surface area contributed by atoms with E-state index >= 15 is 0 Å². The van der Waals surface area contributed by atoms with Gasteiger partial charge in [0.25, 0.3) is 0 Å². The zero-order valence-corrected chi connectivity index (χ0v) is 9.32. The van der Waals surface area contributed by atoms with Gasteiger partial charge in [0.05, 0.1) is 0 Å². The van der Waals surface area contributed by atoms with E-state index in [4.69, 9.17) is 34.8 Å². The van der Waals surface area contributed by atoms with E-state index in [2.05, 4.69) is 15.0 Å². The first-order valence-corrected chi connectivity index (χ1v) is 4.87. The molecule has 0 aliphatic rings. The van der Waals surface area contributed by atoms with Gasteiger partial charge in [0.15, 0.2) is 5.15 Å². The minimum atomic E-state index is 0.0649. The summed E-state index contributed by atoms with van der Waals surface area (Å²) in [5.41, 5.74) is 1.23. The van der Waals surface area contributed by atoms with Crippen LogP contribution in [0, 0.1) is 6.92 Å². The second-order valence-electron chi connectivity index (χ2n) is 2.73. The van der Waals surface area contributed by atoms with Crippen LogP contribution in [0.5, 0.6) is 0 Å². The number of hydrogen-bond donors (Lipinski definition) is 0. The molecule has 0 aliphatic heterocycles. The Bertz CT molecular complexity index is 465. The predicted molar refractivity (Wildman–Crippen MR) is 57.1 cm³/mol. The van der Waals surface area contributed by atoms with Crippen molar-refractivity contribution >= 4 is 45.7 Å². The molecule has 0 saturated heterocycles. The van der Waals surface area contributed by atoms with Gasteiger partial charge in [-0.1, -0.05) is 23.2 Å². The topological polar surface area (TPSA) is 38.7 Å². The van der Waals surface area contributed by atoms with Gasteiger partial charge >= 0.3 is 0 Å². The molecule has 14 heavy (non-hydrogen) atoms. The van der Waals surface area contributed by atoms with E-state index in [0.29, 0.717) is 10.9 Å². The second kappa shape index (κ2) is 3.50. The number of fused-ring (bicyclic) bond motifs is 1. The van der Waals surface area contributed by atoms with Gasteiger partial charge in [0.1, 0.15) is 10.7 Å². The van der Waals surface area contributed by atoms with Crippen molar-refractivity contribution in [2.75, 3.05) is 0 Å². The number of pyridine rings is 1. The molecule has 0 bridgehead atoms. The molecular weight excluding hydrogens is 244 g/mol. The summed E-state index contributed by atoms with van der Waals surface area (Å²) in [4.78, 5) is 11.8. The Labute approximate surface area is 95.0 Å². The van der Waals surface area contributed by atoms with E-state index in [0.717, 1.165) is 5.69 Å². The first-order valence-electron chi connectivity index (χ1n) is 3.74. The molecule has 2 rings (SSSR count). The summed E-state index contributed by atoms with van der Waals surface area (Å²) < 4.78 is 0. The molecule has 2 aromatic rings. The van der Waals surface area contributed by atoms with Crippen LogP contribution in [0.3, 0.4) is 0 Å². The average molecular weight is 249 g/mol. The van der Waals surface area contributed by atoms with Crippen molar-refractivity contribution in [1.29, 1.82) is 0 Å². The summed E-state index contributed by atoms with van der Waals surface area (Å²) >= 11 is 17.4. The van der Waals surface area contributed by atoms with Crippen molar-refractivity contribution in [3.05, 3.63) is 27.4 Å². The maximum atomic E-state index is 5.89. The Hall–Kier alpha value is -0.640. The second-order valence-corrected chi connectivity index (χ2v) is 3.79. The van der Waals surface area contributed by atoms with Crippen LogP contribution in [0.1, 0.15) is 5.69 Å². The molecule has 6 heteroatoms. The maximum Gasteiger partial charge on any atom is 0.224 e. The fraction of sp³-hybridized carbons (Fsp3) is 0.125. The van der Waals surface area contributed by atoms with E-state index in [1.807, 2.05) is 6.92 Å². The van der Waals surface area contributed by atoms with Gasteiger partial charge in [-0.3, -0.25) is 0 Å². The summed E-state index contributed by atoms with van der Waals surface area (Å²) in [5, 5.41) is 1.29. The van der Waals surface area contributed by atoms with E-state index in [-0.39, 0.29) is 15.6 Å². The molecule has 0 N–H and O–H groups in total. The van der Waals surface area contributed by atoms with Crippen molar-refractivity contribution in [2.45, 2.75) is 6.92 Å². The molecule has 3 nitrogen and oxygen atoms in total. The average Bonchev–Trinajstić information content (AvgIpc) is 2.07. The minimum Gasteiger partial charge on any atom is -0.239 e. The highest BCUT2D eigenvalue weighted by atomic mass is 35.5. The maximum absolute atomic E-state index is 5.89. The minimum absolute atomic E-state index is 0.0649. The zero-order chi connectivity index (χ0) is 10.3. The number of halogens is 3. The van der Waals surface area contributed by atoms with E-state index in [1.54, 1.807) is 6.07 Å². The number of aryl methyl sites for hydroxylation is 1. The van der Waals surface area contributed by atoms with Gasteiger partial charge in [-0.25, -0.2) is 15.0 Å². The third kappa shape index (κ3) is 1.63. The number of nitrogens with zero attached hydrogens (tertiary/aromatic N) is 3. The standard InChI is InChI=1S/C8H4Cl3N3/c1-3-2-4-5(7(10)12-3)13-8(11)14-6(4)9/h2H,1H3. The van der Waals surface area contributed by atoms with Crippen LogP contribution < -0.4 is 0 Å². The fourth-order valence-electron chi connectivity index (χ4n) is 1.15. The Morgan fingerprint density at radius 1 is 1.00 bits per heavy atom. The summed E-state index contributed by atoms with van der Waals surface area (Å²) in [6.07, 6.45) is 0. The van der Waals surface area contributed by atoms with Crippen LogP contribution in [0.15, 0.2) is 6.07 Å². The van der Waals surface area contributed by atoms with Crippen molar-refractivity contribution in [3.63, 3.8) is 0 Å². The van der Waals surface area contributed by atoms with E-state index in [1.165, 1.54) is 0 Å². The molecule has 72 valence electrons. The summed E-state index contributed by atoms with van der Waals surface area (Å²) in [6, 6.07) is 1.76. The van der Waals surface area contributed by atoms with Crippen LogP contribution >= 0.6 is 34.8 Å². The lowest BCUT2D eigenvalue weighted by molar-refractivity contribution is 1.17. The van der Waals surface area contributed by atoms with Crippen molar-refractivity contribution in [3.8, 4) is 0 Å². The molecule has 0 aromatic carbocycles. The van der Waals surface area contributed by atoms with Gasteiger partial charge in [-0.2, -0.15) is 0 Å². The summed E-state index contributed by atoms with van der Waals surface area (Å²) in [7, 11) is 0. The number of aromatic nitrogens is 3. The molecule has 2 heterocycles. The van der Waals surface area contributed by atoms with Crippen LogP contribution in [0.2, 0.25) is 15.6 Å². The molecule has 2 aromatic heterocycles. The third-order valence-electron chi connectivity index (χ3n) is 1.69. The third-order valence-corrected chi connectivity index (χ3v) is 2.42. The van der Waals surface area contributed by atoms with Gasteiger partial charge in [0, 0.05) is 11.1 Å². The molecule has 0 radical (unpaired) electrons. The smallest absolute Gasteiger partial charge is 0.224 e. The van der Waals surface area contributed by atoms with E-state index < -0.39 is 0 Å². The SMILES string of the molecule is Cc1cc2c(Cl)nc(Cl)nc2c(Cl)n1. The molecule has 0 fully saturated rings. The van der Waals surface area contributed by atoms with Crippen molar-refractivity contribution in [1.82, 2.24) is 15.0 Å². The number of hydrogen-bond acceptors (Lipinski definition) is 3. The lowest BCUT2D eigenvalue weighted by Crippen LogP contribution is -1.91. The number of rotatable bonds is 0. The van der Waals surface area contributed by atoms with Gasteiger partial charge in [-0.05, 0) is 24.6 Å².